The van der Waals surface area contributed by atoms with Crippen LogP contribution in [0.3, 0.4) is 0 Å². The Hall–Kier alpha value is -2.75. The van der Waals surface area contributed by atoms with Gasteiger partial charge in [-0.2, -0.15) is 4.39 Å². The fourth-order valence-corrected chi connectivity index (χ4v) is 4.98. The van der Waals surface area contributed by atoms with Crippen molar-refractivity contribution in [2.24, 2.45) is 5.92 Å². The summed E-state index contributed by atoms with van der Waals surface area (Å²) in [6.45, 7) is 4.47. The Morgan fingerprint density at radius 1 is 0.794 bits per heavy atom. The van der Waals surface area contributed by atoms with E-state index in [2.05, 4.69) is 6.92 Å². The molecule has 0 N–H and O–H groups in total. The molecule has 0 aromatic heterocycles. The minimum Gasteiger partial charge on any atom is -0.490 e. The first-order valence-electron chi connectivity index (χ1n) is 12.5. The Kier molecular flexibility index (Phi) is 7.97. The zero-order valence-corrected chi connectivity index (χ0v) is 20.0. The van der Waals surface area contributed by atoms with Gasteiger partial charge in [0.1, 0.15) is 5.82 Å². The predicted molar refractivity (Wildman–Crippen MR) is 132 cm³/mol. The largest absolute Gasteiger partial charge is 0.490 e. The molecule has 0 radical (unpaired) electrons. The number of hydrogen-bond donors (Lipinski definition) is 0. The van der Waals surface area contributed by atoms with Crippen LogP contribution in [0.15, 0.2) is 54.6 Å². The summed E-state index contributed by atoms with van der Waals surface area (Å²) in [5, 5.41) is 0. The second-order valence-electron chi connectivity index (χ2n) is 9.42. The highest BCUT2D eigenvalue weighted by Crippen LogP contribution is 2.38. The van der Waals surface area contributed by atoms with Crippen molar-refractivity contribution in [2.75, 3.05) is 6.61 Å². The summed E-state index contributed by atoms with van der Waals surface area (Å²) in [4.78, 5) is 0. The molecule has 0 atom stereocenters. The van der Waals surface area contributed by atoms with Crippen LogP contribution < -0.4 is 4.74 Å². The summed E-state index contributed by atoms with van der Waals surface area (Å²) in [7, 11) is 0. The molecule has 4 heteroatoms. The molecule has 34 heavy (non-hydrogen) atoms. The molecule has 0 heterocycles. The Labute approximate surface area is 201 Å². The molecule has 180 valence electrons. The van der Waals surface area contributed by atoms with E-state index in [1.807, 2.05) is 43.3 Å². The lowest BCUT2D eigenvalue weighted by atomic mass is 9.78. The number of rotatable bonds is 8. The maximum atomic E-state index is 14.8. The van der Waals surface area contributed by atoms with Gasteiger partial charge in [0.05, 0.1) is 6.61 Å². The molecule has 0 saturated heterocycles. The van der Waals surface area contributed by atoms with E-state index < -0.39 is 11.6 Å². The van der Waals surface area contributed by atoms with Crippen molar-refractivity contribution in [1.82, 2.24) is 0 Å². The lowest BCUT2D eigenvalue weighted by molar-refractivity contribution is 0.192. The minimum absolute atomic E-state index is 0.0489. The standard InChI is InChI=1S/C30H33F3O/c1-3-5-21-6-11-24(12-7-21)26-16-17-28(30(33)29(26)32)34-19-22-8-13-23(14-9-22)25-15-10-20(4-2)18-27(25)31/h6-7,10-12,15-18,22-23H,3-5,8-9,13-14,19H2,1-2H3. The second kappa shape index (κ2) is 11.1. The Morgan fingerprint density at radius 3 is 2.15 bits per heavy atom. The van der Waals surface area contributed by atoms with Crippen LogP contribution in [0, 0.1) is 23.4 Å². The topological polar surface area (TPSA) is 9.23 Å². The molecule has 0 amide bonds. The van der Waals surface area contributed by atoms with Crippen molar-refractivity contribution < 1.29 is 17.9 Å². The lowest BCUT2D eigenvalue weighted by Gasteiger charge is -2.29. The maximum Gasteiger partial charge on any atom is 0.201 e. The van der Waals surface area contributed by atoms with E-state index in [4.69, 9.17) is 4.74 Å². The van der Waals surface area contributed by atoms with E-state index in [1.54, 1.807) is 12.1 Å². The van der Waals surface area contributed by atoms with Crippen LogP contribution in [0.5, 0.6) is 5.75 Å². The van der Waals surface area contributed by atoms with Crippen LogP contribution in [0.2, 0.25) is 0 Å². The van der Waals surface area contributed by atoms with Gasteiger partial charge in [-0.25, -0.2) is 8.78 Å². The van der Waals surface area contributed by atoms with Gasteiger partial charge in [-0.15, -0.1) is 0 Å². The maximum absolute atomic E-state index is 14.8. The number of ether oxygens (including phenoxy) is 1. The van der Waals surface area contributed by atoms with E-state index in [0.29, 0.717) is 12.2 Å². The Balaban J connectivity index is 1.35. The average Bonchev–Trinajstić information content (AvgIpc) is 2.86. The smallest absolute Gasteiger partial charge is 0.201 e. The van der Waals surface area contributed by atoms with Crippen molar-refractivity contribution in [3.8, 4) is 16.9 Å². The first-order chi connectivity index (χ1) is 16.5. The lowest BCUT2D eigenvalue weighted by Crippen LogP contribution is -2.20. The average molecular weight is 467 g/mol. The summed E-state index contributed by atoms with van der Waals surface area (Å²) in [6.07, 6.45) is 6.34. The van der Waals surface area contributed by atoms with Crippen molar-refractivity contribution in [2.45, 2.75) is 64.7 Å². The fraction of sp³-hybridized carbons (Fsp3) is 0.400. The summed E-state index contributed by atoms with van der Waals surface area (Å²) >= 11 is 0. The predicted octanol–water partition coefficient (Wildman–Crippen LogP) is 8.64. The number of hydrogen-bond acceptors (Lipinski definition) is 1. The van der Waals surface area contributed by atoms with Crippen molar-refractivity contribution in [3.63, 3.8) is 0 Å². The highest BCUT2D eigenvalue weighted by molar-refractivity contribution is 5.65. The Morgan fingerprint density at radius 2 is 1.50 bits per heavy atom. The molecule has 1 nitrogen and oxygen atoms in total. The molecular formula is C30H33F3O. The van der Waals surface area contributed by atoms with Crippen LogP contribution >= 0.6 is 0 Å². The molecule has 0 spiro atoms. The quantitative estimate of drug-likeness (QED) is 0.323. The molecule has 3 aromatic rings. The molecule has 4 rings (SSSR count). The van der Waals surface area contributed by atoms with Gasteiger partial charge in [-0.1, -0.05) is 56.7 Å². The number of aryl methyl sites for hydroxylation is 2. The molecule has 1 saturated carbocycles. The summed E-state index contributed by atoms with van der Waals surface area (Å²) in [5.74, 6) is -1.52. The molecule has 1 fully saturated rings. The first-order valence-corrected chi connectivity index (χ1v) is 12.5. The van der Waals surface area contributed by atoms with Gasteiger partial charge in [0, 0.05) is 5.56 Å². The van der Waals surface area contributed by atoms with Crippen molar-refractivity contribution in [1.29, 1.82) is 0 Å². The van der Waals surface area contributed by atoms with Crippen LogP contribution in [-0.2, 0) is 12.8 Å². The highest BCUT2D eigenvalue weighted by atomic mass is 19.2. The van der Waals surface area contributed by atoms with Gasteiger partial charge >= 0.3 is 0 Å². The van der Waals surface area contributed by atoms with E-state index in [0.717, 1.165) is 56.1 Å². The molecule has 3 aromatic carbocycles. The molecule has 0 unspecified atom stereocenters. The third-order valence-electron chi connectivity index (χ3n) is 7.08. The van der Waals surface area contributed by atoms with Gasteiger partial charge in [0.2, 0.25) is 5.82 Å². The van der Waals surface area contributed by atoms with E-state index >= 15 is 0 Å². The number of benzene rings is 3. The normalized spacial score (nSPS) is 18.1. The van der Waals surface area contributed by atoms with Crippen LogP contribution in [-0.4, -0.2) is 6.61 Å². The van der Waals surface area contributed by atoms with Gasteiger partial charge < -0.3 is 4.74 Å². The van der Waals surface area contributed by atoms with Crippen LogP contribution in [0.25, 0.3) is 11.1 Å². The number of halogens is 3. The molecule has 0 bridgehead atoms. The van der Waals surface area contributed by atoms with Gasteiger partial charge in [0.15, 0.2) is 11.6 Å². The second-order valence-corrected chi connectivity index (χ2v) is 9.42. The van der Waals surface area contributed by atoms with Crippen LogP contribution in [0.1, 0.15) is 68.6 Å². The minimum atomic E-state index is -0.943. The molecule has 0 aliphatic heterocycles. The summed E-state index contributed by atoms with van der Waals surface area (Å²) in [6, 6.07) is 16.3. The summed E-state index contributed by atoms with van der Waals surface area (Å²) in [5.41, 5.74) is 3.88. The van der Waals surface area contributed by atoms with Gasteiger partial charge in [-0.05, 0) is 90.8 Å². The molecule has 1 aliphatic rings. The van der Waals surface area contributed by atoms with Gasteiger partial charge in [-0.3, -0.25) is 0 Å². The summed E-state index contributed by atoms with van der Waals surface area (Å²) < 4.78 is 49.7. The zero-order chi connectivity index (χ0) is 24.1. The fourth-order valence-electron chi connectivity index (χ4n) is 4.98. The van der Waals surface area contributed by atoms with E-state index in [9.17, 15) is 13.2 Å². The first kappa shape index (κ1) is 24.4. The Bertz CT molecular complexity index is 1100. The van der Waals surface area contributed by atoms with Crippen molar-refractivity contribution in [3.05, 3.63) is 88.7 Å². The zero-order valence-electron chi connectivity index (χ0n) is 20.0. The molecule has 1 aliphatic carbocycles. The van der Waals surface area contributed by atoms with E-state index in [-0.39, 0.29) is 29.0 Å². The third-order valence-corrected chi connectivity index (χ3v) is 7.08. The van der Waals surface area contributed by atoms with Crippen LogP contribution in [0.4, 0.5) is 13.2 Å². The van der Waals surface area contributed by atoms with Gasteiger partial charge in [0.25, 0.3) is 0 Å². The highest BCUT2D eigenvalue weighted by Gasteiger charge is 2.25. The molecular weight excluding hydrogens is 433 g/mol. The monoisotopic (exact) mass is 466 g/mol. The SMILES string of the molecule is CCCc1ccc(-c2ccc(OCC3CCC(c4ccc(CC)cc4F)CC3)c(F)c2F)cc1. The van der Waals surface area contributed by atoms with Crippen molar-refractivity contribution >= 4 is 0 Å². The third kappa shape index (κ3) is 5.48. The van der Waals surface area contributed by atoms with E-state index in [1.165, 1.54) is 11.6 Å².